The number of ether oxygens (including phenoxy) is 1. The van der Waals surface area contributed by atoms with Crippen molar-refractivity contribution in [1.82, 2.24) is 10.3 Å². The van der Waals surface area contributed by atoms with Crippen molar-refractivity contribution in [2.75, 3.05) is 0 Å². The lowest BCUT2D eigenvalue weighted by molar-refractivity contribution is 0.0935. The average molecular weight is 370 g/mol. The van der Waals surface area contributed by atoms with Crippen LogP contribution in [-0.4, -0.2) is 10.9 Å². The van der Waals surface area contributed by atoms with Crippen molar-refractivity contribution in [3.05, 3.63) is 81.6 Å². The highest BCUT2D eigenvalue weighted by Gasteiger charge is 2.16. The van der Waals surface area contributed by atoms with Crippen molar-refractivity contribution in [2.45, 2.75) is 26.5 Å². The Hall–Kier alpha value is -2.73. The van der Waals surface area contributed by atoms with Gasteiger partial charge in [0, 0.05) is 5.38 Å². The largest absolute Gasteiger partial charge is 0.486 e. The van der Waals surface area contributed by atoms with E-state index in [9.17, 15) is 9.18 Å². The molecule has 26 heavy (non-hydrogen) atoms. The predicted molar refractivity (Wildman–Crippen MR) is 99.9 cm³/mol. The van der Waals surface area contributed by atoms with Crippen LogP contribution in [0.5, 0.6) is 5.75 Å². The first-order valence-corrected chi connectivity index (χ1v) is 9.10. The molecule has 2 aromatic carbocycles. The standard InChI is InChI=1S/C20H19FN2O2S/c1-13(15-7-9-16(21)10-8-15)22-20(24)18-5-3-4-6-19(18)25-11-17-12-26-14(2)23-17/h3-10,12-13H,11H2,1-2H3,(H,22,24). The molecular weight excluding hydrogens is 351 g/mol. The monoisotopic (exact) mass is 370 g/mol. The third-order valence-electron chi connectivity index (χ3n) is 3.89. The third-order valence-corrected chi connectivity index (χ3v) is 4.71. The molecule has 3 aromatic rings. The van der Waals surface area contributed by atoms with E-state index in [0.29, 0.717) is 17.9 Å². The van der Waals surface area contributed by atoms with Crippen molar-refractivity contribution < 1.29 is 13.9 Å². The Bertz CT molecular complexity index is 893. The van der Waals surface area contributed by atoms with E-state index < -0.39 is 0 Å². The molecule has 0 aliphatic rings. The number of amides is 1. The number of hydrogen-bond acceptors (Lipinski definition) is 4. The number of thiazole rings is 1. The SMILES string of the molecule is Cc1nc(COc2ccccc2C(=O)NC(C)c2ccc(F)cc2)cs1. The van der Waals surface area contributed by atoms with Crippen LogP contribution in [0.2, 0.25) is 0 Å². The molecule has 0 spiro atoms. The number of carbonyl (C=O) groups excluding carboxylic acids is 1. The lowest BCUT2D eigenvalue weighted by Crippen LogP contribution is -2.27. The van der Waals surface area contributed by atoms with Crippen LogP contribution in [-0.2, 0) is 6.61 Å². The van der Waals surface area contributed by atoms with Crippen molar-refractivity contribution in [3.8, 4) is 5.75 Å². The van der Waals surface area contributed by atoms with Crippen LogP contribution >= 0.6 is 11.3 Å². The fourth-order valence-electron chi connectivity index (χ4n) is 2.52. The second-order valence-corrected chi connectivity index (χ2v) is 6.95. The lowest BCUT2D eigenvalue weighted by atomic mass is 10.1. The fraction of sp³-hybridized carbons (Fsp3) is 0.200. The average Bonchev–Trinajstić information content (AvgIpc) is 3.06. The summed E-state index contributed by atoms with van der Waals surface area (Å²) in [7, 11) is 0. The van der Waals surface area contributed by atoms with E-state index >= 15 is 0 Å². The van der Waals surface area contributed by atoms with Gasteiger partial charge in [0.05, 0.1) is 22.3 Å². The van der Waals surface area contributed by atoms with Gasteiger partial charge in [-0.3, -0.25) is 4.79 Å². The van der Waals surface area contributed by atoms with Gasteiger partial charge in [0.1, 0.15) is 18.2 Å². The Morgan fingerprint density at radius 1 is 1.23 bits per heavy atom. The van der Waals surface area contributed by atoms with Gasteiger partial charge in [0.25, 0.3) is 5.91 Å². The fourth-order valence-corrected chi connectivity index (χ4v) is 3.11. The molecule has 1 amide bonds. The molecule has 0 aliphatic carbocycles. The van der Waals surface area contributed by atoms with Gasteiger partial charge in [-0.15, -0.1) is 11.3 Å². The van der Waals surface area contributed by atoms with Gasteiger partial charge in [-0.25, -0.2) is 9.37 Å². The van der Waals surface area contributed by atoms with Crippen LogP contribution < -0.4 is 10.1 Å². The molecule has 0 bridgehead atoms. The Morgan fingerprint density at radius 3 is 2.65 bits per heavy atom. The molecule has 4 nitrogen and oxygen atoms in total. The summed E-state index contributed by atoms with van der Waals surface area (Å²) in [5.41, 5.74) is 2.12. The van der Waals surface area contributed by atoms with Crippen molar-refractivity contribution in [2.24, 2.45) is 0 Å². The summed E-state index contributed by atoms with van der Waals surface area (Å²) in [4.78, 5) is 17.0. The van der Waals surface area contributed by atoms with Crippen LogP contribution in [0.15, 0.2) is 53.9 Å². The zero-order valence-corrected chi connectivity index (χ0v) is 15.3. The number of rotatable bonds is 6. The highest BCUT2D eigenvalue weighted by molar-refractivity contribution is 7.09. The Kier molecular flexibility index (Phi) is 5.63. The molecule has 1 N–H and O–H groups in total. The van der Waals surface area contributed by atoms with E-state index in [4.69, 9.17) is 4.74 Å². The molecule has 6 heteroatoms. The van der Waals surface area contributed by atoms with E-state index in [0.717, 1.165) is 16.3 Å². The summed E-state index contributed by atoms with van der Waals surface area (Å²) in [6, 6.07) is 12.9. The van der Waals surface area contributed by atoms with Gasteiger partial charge >= 0.3 is 0 Å². The van der Waals surface area contributed by atoms with Gasteiger partial charge in [0.15, 0.2) is 0 Å². The summed E-state index contributed by atoms with van der Waals surface area (Å²) in [6.45, 7) is 4.10. The predicted octanol–water partition coefficient (Wildman–Crippen LogP) is 4.66. The van der Waals surface area contributed by atoms with E-state index in [-0.39, 0.29) is 17.8 Å². The van der Waals surface area contributed by atoms with Gasteiger partial charge in [0.2, 0.25) is 0 Å². The number of para-hydroxylation sites is 1. The minimum atomic E-state index is -0.303. The maximum atomic E-state index is 13.0. The molecule has 0 aliphatic heterocycles. The van der Waals surface area contributed by atoms with E-state index in [2.05, 4.69) is 10.3 Å². The number of benzene rings is 2. The Labute approximate surface area is 155 Å². The molecule has 134 valence electrons. The minimum Gasteiger partial charge on any atom is -0.486 e. The molecule has 1 atom stereocenters. The summed E-state index contributed by atoms with van der Waals surface area (Å²) in [6.07, 6.45) is 0. The van der Waals surface area contributed by atoms with Crippen molar-refractivity contribution >= 4 is 17.2 Å². The van der Waals surface area contributed by atoms with E-state index in [1.165, 1.54) is 12.1 Å². The van der Waals surface area contributed by atoms with Crippen LogP contribution in [0.3, 0.4) is 0 Å². The van der Waals surface area contributed by atoms with Crippen LogP contribution in [0.4, 0.5) is 4.39 Å². The third kappa shape index (κ3) is 4.46. The molecule has 0 saturated heterocycles. The van der Waals surface area contributed by atoms with Crippen molar-refractivity contribution in [3.63, 3.8) is 0 Å². The van der Waals surface area contributed by atoms with Crippen LogP contribution in [0.25, 0.3) is 0 Å². The van der Waals surface area contributed by atoms with Gasteiger partial charge < -0.3 is 10.1 Å². The quantitative estimate of drug-likeness (QED) is 0.686. The molecule has 1 unspecified atom stereocenters. The number of nitrogens with one attached hydrogen (secondary N) is 1. The second-order valence-electron chi connectivity index (χ2n) is 5.89. The molecule has 0 fully saturated rings. The summed E-state index contributed by atoms with van der Waals surface area (Å²) >= 11 is 1.56. The van der Waals surface area contributed by atoms with Crippen molar-refractivity contribution in [1.29, 1.82) is 0 Å². The van der Waals surface area contributed by atoms with Crippen LogP contribution in [0.1, 0.15) is 39.6 Å². The zero-order valence-electron chi connectivity index (χ0n) is 14.5. The maximum absolute atomic E-state index is 13.0. The number of halogens is 1. The highest BCUT2D eigenvalue weighted by atomic mass is 32.1. The normalized spacial score (nSPS) is 11.8. The maximum Gasteiger partial charge on any atom is 0.255 e. The molecular formula is C20H19FN2O2S. The lowest BCUT2D eigenvalue weighted by Gasteiger charge is -2.16. The molecule has 1 heterocycles. The van der Waals surface area contributed by atoms with Crippen LogP contribution in [0, 0.1) is 12.7 Å². The summed E-state index contributed by atoms with van der Waals surface area (Å²) in [5.74, 6) is -0.0443. The second kappa shape index (κ2) is 8.10. The first kappa shape index (κ1) is 18.1. The van der Waals surface area contributed by atoms with Gasteiger partial charge in [-0.1, -0.05) is 24.3 Å². The first-order chi connectivity index (χ1) is 12.5. The number of nitrogens with zero attached hydrogens (tertiary/aromatic N) is 1. The molecule has 3 rings (SSSR count). The molecule has 0 radical (unpaired) electrons. The van der Waals surface area contributed by atoms with E-state index in [1.54, 1.807) is 41.7 Å². The number of aromatic nitrogens is 1. The zero-order chi connectivity index (χ0) is 18.5. The van der Waals surface area contributed by atoms with E-state index in [1.807, 2.05) is 25.3 Å². The Balaban J connectivity index is 1.69. The topological polar surface area (TPSA) is 51.2 Å². The number of hydrogen-bond donors (Lipinski definition) is 1. The van der Waals surface area contributed by atoms with Gasteiger partial charge in [-0.2, -0.15) is 0 Å². The summed E-state index contributed by atoms with van der Waals surface area (Å²) in [5, 5.41) is 5.83. The summed E-state index contributed by atoms with van der Waals surface area (Å²) < 4.78 is 18.8. The molecule has 1 aromatic heterocycles. The highest BCUT2D eigenvalue weighted by Crippen LogP contribution is 2.21. The first-order valence-electron chi connectivity index (χ1n) is 8.22. The number of carbonyl (C=O) groups is 1. The molecule has 0 saturated carbocycles. The number of aryl methyl sites for hydroxylation is 1. The van der Waals surface area contributed by atoms with Gasteiger partial charge in [-0.05, 0) is 43.7 Å². The minimum absolute atomic E-state index is 0.244. The Morgan fingerprint density at radius 2 is 1.96 bits per heavy atom. The smallest absolute Gasteiger partial charge is 0.255 e.